The number of aryl methyl sites for hydroxylation is 3. The van der Waals surface area contributed by atoms with Crippen molar-refractivity contribution in [1.29, 1.82) is 0 Å². The molecule has 4 rings (SSSR count). The van der Waals surface area contributed by atoms with Gasteiger partial charge in [-0.05, 0) is 68.5 Å². The Kier molecular flexibility index (Phi) is 7.31. The van der Waals surface area contributed by atoms with E-state index in [0.29, 0.717) is 17.4 Å². The van der Waals surface area contributed by atoms with Crippen LogP contribution in [0.25, 0.3) is 0 Å². The summed E-state index contributed by atoms with van der Waals surface area (Å²) < 4.78 is 0. The molecular formula is C29H32N4OS. The van der Waals surface area contributed by atoms with E-state index in [2.05, 4.69) is 72.6 Å². The molecule has 0 fully saturated rings. The highest BCUT2D eigenvalue weighted by molar-refractivity contribution is 7.16. The van der Waals surface area contributed by atoms with Gasteiger partial charge in [0.15, 0.2) is 0 Å². The van der Waals surface area contributed by atoms with Gasteiger partial charge in [0, 0.05) is 27.4 Å². The summed E-state index contributed by atoms with van der Waals surface area (Å²) in [5, 5.41) is 7.60. The van der Waals surface area contributed by atoms with E-state index in [4.69, 9.17) is 0 Å². The Balaban J connectivity index is 1.80. The fourth-order valence-corrected chi connectivity index (χ4v) is 5.26. The molecule has 0 aliphatic heterocycles. The predicted octanol–water partition coefficient (Wildman–Crippen LogP) is 7.35. The summed E-state index contributed by atoms with van der Waals surface area (Å²) in [6.07, 6.45) is 0. The van der Waals surface area contributed by atoms with Gasteiger partial charge < -0.3 is 10.6 Å². The van der Waals surface area contributed by atoms with Crippen LogP contribution in [0.5, 0.6) is 0 Å². The maximum absolute atomic E-state index is 13.1. The molecule has 2 aromatic carbocycles. The Bertz CT molecular complexity index is 1310. The van der Waals surface area contributed by atoms with Gasteiger partial charge in [-0.3, -0.25) is 4.79 Å². The molecule has 2 heterocycles. The fourth-order valence-electron chi connectivity index (χ4n) is 4.16. The molecule has 180 valence electrons. The van der Waals surface area contributed by atoms with Gasteiger partial charge in [0.2, 0.25) is 5.95 Å². The van der Waals surface area contributed by atoms with Crippen molar-refractivity contribution < 1.29 is 4.79 Å². The van der Waals surface area contributed by atoms with E-state index >= 15 is 0 Å². The molecule has 0 saturated heterocycles. The summed E-state index contributed by atoms with van der Waals surface area (Å²) in [5.74, 6) is 0.901. The molecule has 0 unspecified atom stereocenters. The maximum atomic E-state index is 13.1. The summed E-state index contributed by atoms with van der Waals surface area (Å²) >= 11 is 1.60. The number of anilines is 2. The van der Waals surface area contributed by atoms with E-state index < -0.39 is 0 Å². The third kappa shape index (κ3) is 5.60. The van der Waals surface area contributed by atoms with Gasteiger partial charge in [0.05, 0.1) is 6.04 Å². The van der Waals surface area contributed by atoms with Crippen LogP contribution in [0.2, 0.25) is 0 Å². The molecule has 0 aliphatic rings. The van der Waals surface area contributed by atoms with Crippen LogP contribution in [0.4, 0.5) is 10.9 Å². The highest BCUT2D eigenvalue weighted by atomic mass is 32.1. The van der Waals surface area contributed by atoms with Crippen molar-refractivity contribution in [2.75, 3.05) is 10.6 Å². The molecule has 2 aromatic heterocycles. The first-order chi connectivity index (χ1) is 16.7. The molecule has 1 atom stereocenters. The van der Waals surface area contributed by atoms with E-state index in [-0.39, 0.29) is 11.9 Å². The summed E-state index contributed by atoms with van der Waals surface area (Å²) in [7, 11) is 0. The SMILES string of the molecule is Cc1cc(C)nc(N[C@H](c2ccc(C(C)C)cc2)c2c(NC(=O)c3ccccc3)sc(C)c2C)n1. The Hall–Kier alpha value is -3.51. The standard InChI is InChI=1S/C29H32N4OS/c1-17(2)22-12-14-23(15-13-22)26(32-29-30-18(3)16-19(4)31-29)25-20(5)21(6)35-28(25)33-27(34)24-10-8-7-9-11-24/h7-17,26H,1-6H3,(H,33,34)(H,30,31,32)/t26-/m1/s1. The van der Waals surface area contributed by atoms with E-state index in [9.17, 15) is 4.79 Å². The highest BCUT2D eigenvalue weighted by Crippen LogP contribution is 2.41. The average molecular weight is 485 g/mol. The number of carbonyl (C=O) groups is 1. The van der Waals surface area contributed by atoms with Crippen LogP contribution in [0, 0.1) is 27.7 Å². The lowest BCUT2D eigenvalue weighted by atomic mass is 9.94. The molecule has 0 radical (unpaired) electrons. The number of hydrogen-bond acceptors (Lipinski definition) is 5. The Morgan fingerprint density at radius 1 is 0.857 bits per heavy atom. The minimum atomic E-state index is -0.228. The van der Waals surface area contributed by atoms with E-state index in [1.165, 1.54) is 5.56 Å². The molecule has 1 amide bonds. The van der Waals surface area contributed by atoms with Crippen LogP contribution in [-0.4, -0.2) is 15.9 Å². The number of aromatic nitrogens is 2. The maximum Gasteiger partial charge on any atom is 0.256 e. The van der Waals surface area contributed by atoms with Crippen molar-refractivity contribution in [1.82, 2.24) is 9.97 Å². The molecule has 35 heavy (non-hydrogen) atoms. The van der Waals surface area contributed by atoms with Gasteiger partial charge in [-0.2, -0.15) is 0 Å². The summed E-state index contributed by atoms with van der Waals surface area (Å²) in [6.45, 7) is 12.5. The first kappa shape index (κ1) is 24.6. The molecule has 6 heteroatoms. The normalized spacial score (nSPS) is 12.0. The molecule has 2 N–H and O–H groups in total. The predicted molar refractivity (Wildman–Crippen MR) is 146 cm³/mol. The number of carbonyl (C=O) groups excluding carboxylic acids is 1. The molecule has 5 nitrogen and oxygen atoms in total. The zero-order valence-corrected chi connectivity index (χ0v) is 22.0. The van der Waals surface area contributed by atoms with Gasteiger partial charge in [-0.1, -0.05) is 56.3 Å². The van der Waals surface area contributed by atoms with Crippen LogP contribution >= 0.6 is 11.3 Å². The number of benzene rings is 2. The number of amides is 1. The second-order valence-corrected chi connectivity index (χ2v) is 10.4. The average Bonchev–Trinajstić information content (AvgIpc) is 3.10. The second-order valence-electron chi connectivity index (χ2n) is 9.22. The van der Waals surface area contributed by atoms with Gasteiger partial charge in [-0.15, -0.1) is 11.3 Å². The fraction of sp³-hybridized carbons (Fsp3) is 0.276. The first-order valence-electron chi connectivity index (χ1n) is 11.9. The minimum Gasteiger partial charge on any atom is -0.343 e. The highest BCUT2D eigenvalue weighted by Gasteiger charge is 2.26. The van der Waals surface area contributed by atoms with Crippen LogP contribution in [0.15, 0.2) is 60.7 Å². The van der Waals surface area contributed by atoms with Gasteiger partial charge in [0.1, 0.15) is 5.00 Å². The molecule has 0 saturated carbocycles. The summed E-state index contributed by atoms with van der Waals surface area (Å²) in [4.78, 5) is 23.5. The largest absolute Gasteiger partial charge is 0.343 e. The minimum absolute atomic E-state index is 0.121. The van der Waals surface area contributed by atoms with E-state index in [0.717, 1.165) is 38.0 Å². The zero-order valence-electron chi connectivity index (χ0n) is 21.1. The van der Waals surface area contributed by atoms with Crippen LogP contribution < -0.4 is 10.6 Å². The zero-order chi connectivity index (χ0) is 25.1. The van der Waals surface area contributed by atoms with Crippen molar-refractivity contribution in [3.63, 3.8) is 0 Å². The third-order valence-electron chi connectivity index (χ3n) is 6.18. The van der Waals surface area contributed by atoms with Crippen LogP contribution in [0.3, 0.4) is 0 Å². The lowest BCUT2D eigenvalue weighted by Crippen LogP contribution is -2.19. The lowest BCUT2D eigenvalue weighted by Gasteiger charge is -2.23. The van der Waals surface area contributed by atoms with Crippen LogP contribution in [-0.2, 0) is 0 Å². The van der Waals surface area contributed by atoms with Crippen molar-refractivity contribution in [2.45, 2.75) is 53.5 Å². The number of thiophene rings is 1. The third-order valence-corrected chi connectivity index (χ3v) is 7.31. The Morgan fingerprint density at radius 2 is 1.46 bits per heavy atom. The van der Waals surface area contributed by atoms with Crippen molar-refractivity contribution >= 4 is 28.2 Å². The first-order valence-corrected chi connectivity index (χ1v) is 12.7. The Labute approximate surface area is 211 Å². The Morgan fingerprint density at radius 3 is 2.06 bits per heavy atom. The van der Waals surface area contributed by atoms with Gasteiger partial charge in [-0.25, -0.2) is 9.97 Å². The topological polar surface area (TPSA) is 66.9 Å². The molecular weight excluding hydrogens is 452 g/mol. The molecule has 0 bridgehead atoms. The van der Waals surface area contributed by atoms with Crippen LogP contribution in [0.1, 0.15) is 74.7 Å². The van der Waals surface area contributed by atoms with Gasteiger partial charge in [0.25, 0.3) is 5.91 Å². The number of hydrogen-bond donors (Lipinski definition) is 2. The lowest BCUT2D eigenvalue weighted by molar-refractivity contribution is 0.102. The van der Waals surface area contributed by atoms with Crippen molar-refractivity contribution in [3.05, 3.63) is 105 Å². The second kappa shape index (κ2) is 10.4. The van der Waals surface area contributed by atoms with Gasteiger partial charge >= 0.3 is 0 Å². The van der Waals surface area contributed by atoms with Crippen molar-refractivity contribution in [2.24, 2.45) is 0 Å². The quantitative estimate of drug-likeness (QED) is 0.288. The van der Waals surface area contributed by atoms with E-state index in [1.54, 1.807) is 11.3 Å². The van der Waals surface area contributed by atoms with E-state index in [1.807, 2.05) is 50.2 Å². The monoisotopic (exact) mass is 484 g/mol. The number of nitrogens with one attached hydrogen (secondary N) is 2. The number of rotatable bonds is 7. The van der Waals surface area contributed by atoms with Crippen molar-refractivity contribution in [3.8, 4) is 0 Å². The summed E-state index contributed by atoms with van der Waals surface area (Å²) in [6, 6.07) is 19.7. The molecule has 0 aliphatic carbocycles. The molecule has 0 spiro atoms. The summed E-state index contributed by atoms with van der Waals surface area (Å²) in [5.41, 5.74) is 7.00. The number of nitrogens with zero attached hydrogens (tertiary/aromatic N) is 2. The smallest absolute Gasteiger partial charge is 0.256 e. The molecule has 4 aromatic rings.